The maximum Gasteiger partial charge on any atom is 0.137 e. The van der Waals surface area contributed by atoms with Crippen molar-refractivity contribution in [3.63, 3.8) is 0 Å². The zero-order chi connectivity index (χ0) is 30.1. The van der Waals surface area contributed by atoms with E-state index < -0.39 is 0 Å². The molecule has 0 aliphatic heterocycles. The number of hydrogen-bond donors (Lipinski definition) is 1. The smallest absolute Gasteiger partial charge is 0.137 e. The molecule has 0 aliphatic carbocycles. The van der Waals surface area contributed by atoms with Gasteiger partial charge in [0.1, 0.15) is 17.0 Å². The van der Waals surface area contributed by atoms with Crippen molar-refractivity contribution in [2.75, 3.05) is 5.73 Å². The highest BCUT2D eigenvalue weighted by Crippen LogP contribution is 2.39. The van der Waals surface area contributed by atoms with Crippen molar-refractivity contribution >= 4 is 77.1 Å². The molecule has 2 heterocycles. The van der Waals surface area contributed by atoms with E-state index in [4.69, 9.17) is 10.2 Å². The van der Waals surface area contributed by atoms with E-state index in [2.05, 4.69) is 126 Å². The monoisotopic (exact) mass is 576 g/mol. The maximum atomic E-state index is 6.74. The highest BCUT2D eigenvalue weighted by Gasteiger charge is 2.17. The Kier molecular flexibility index (Phi) is 5.50. The summed E-state index contributed by atoms with van der Waals surface area (Å²) in [4.78, 5) is 0. The van der Waals surface area contributed by atoms with E-state index in [0.717, 1.165) is 55.2 Å². The van der Waals surface area contributed by atoms with Gasteiger partial charge in [-0.2, -0.15) is 0 Å². The molecular weight excluding hydrogens is 548 g/mol. The molecule has 212 valence electrons. The topological polar surface area (TPSA) is 44.1 Å². The van der Waals surface area contributed by atoms with Gasteiger partial charge in [0.05, 0.1) is 11.2 Å². The fourth-order valence-electron chi connectivity index (χ4n) is 7.07. The third kappa shape index (κ3) is 3.77. The third-order valence-corrected chi connectivity index (χ3v) is 9.14. The number of hydrogen-bond acceptors (Lipinski definition) is 2. The lowest BCUT2D eigenvalue weighted by Gasteiger charge is -2.12. The zero-order valence-electron chi connectivity index (χ0n) is 24.5. The van der Waals surface area contributed by atoms with Gasteiger partial charge >= 0.3 is 0 Å². The SMILES string of the molecule is C=C/C=C\c1c(N)n(-c2ccc3c(c2)oc2cc(-c4ccc5c6ccccc6c6ccccc6c5c4)ccc23)c2ccccc12. The summed E-state index contributed by atoms with van der Waals surface area (Å²) >= 11 is 0. The van der Waals surface area contributed by atoms with Crippen LogP contribution in [0.3, 0.4) is 0 Å². The highest BCUT2D eigenvalue weighted by molar-refractivity contribution is 6.25. The number of nitrogen functional groups attached to an aromatic ring is 1. The summed E-state index contributed by atoms with van der Waals surface area (Å²) in [6.45, 7) is 3.82. The number of aromatic nitrogens is 1. The van der Waals surface area contributed by atoms with Crippen LogP contribution in [0.15, 0.2) is 151 Å². The molecule has 0 unspecified atom stereocenters. The van der Waals surface area contributed by atoms with E-state index in [1.54, 1.807) is 6.08 Å². The molecule has 9 aromatic rings. The summed E-state index contributed by atoms with van der Waals surface area (Å²) < 4.78 is 8.63. The lowest BCUT2D eigenvalue weighted by Crippen LogP contribution is -2.00. The van der Waals surface area contributed by atoms with Crippen molar-refractivity contribution in [3.05, 3.63) is 152 Å². The maximum absolute atomic E-state index is 6.74. The summed E-state index contributed by atoms with van der Waals surface area (Å²) in [6, 6.07) is 45.4. The number of benzene rings is 7. The molecular formula is C42H28N2O. The molecule has 2 aromatic heterocycles. The lowest BCUT2D eigenvalue weighted by molar-refractivity contribution is 0.669. The van der Waals surface area contributed by atoms with Crippen molar-refractivity contribution in [3.8, 4) is 16.8 Å². The van der Waals surface area contributed by atoms with Crippen LogP contribution in [-0.4, -0.2) is 4.57 Å². The number of rotatable bonds is 4. The second kappa shape index (κ2) is 9.73. The molecule has 0 saturated carbocycles. The Hall–Kier alpha value is -6.06. The summed E-state index contributed by atoms with van der Waals surface area (Å²) in [5.41, 5.74) is 13.7. The van der Waals surface area contributed by atoms with Gasteiger partial charge < -0.3 is 10.2 Å². The number of fused-ring (bicyclic) bond motifs is 10. The predicted octanol–water partition coefficient (Wildman–Crippen LogP) is 11.4. The fraction of sp³-hybridized carbons (Fsp3) is 0. The van der Waals surface area contributed by atoms with Crippen LogP contribution in [0.4, 0.5) is 5.82 Å². The minimum Gasteiger partial charge on any atom is -0.456 e. The van der Waals surface area contributed by atoms with Crippen molar-refractivity contribution in [1.82, 2.24) is 4.57 Å². The minimum absolute atomic E-state index is 0.684. The Morgan fingerprint density at radius 2 is 1.07 bits per heavy atom. The molecule has 3 nitrogen and oxygen atoms in total. The van der Waals surface area contributed by atoms with Crippen molar-refractivity contribution in [2.24, 2.45) is 0 Å². The van der Waals surface area contributed by atoms with Crippen LogP contribution in [0.1, 0.15) is 5.56 Å². The van der Waals surface area contributed by atoms with Gasteiger partial charge in [0, 0.05) is 27.8 Å². The van der Waals surface area contributed by atoms with Gasteiger partial charge in [0.15, 0.2) is 0 Å². The number of furan rings is 1. The molecule has 0 atom stereocenters. The fourth-order valence-corrected chi connectivity index (χ4v) is 7.07. The molecule has 0 saturated heterocycles. The van der Waals surface area contributed by atoms with Gasteiger partial charge in [0.2, 0.25) is 0 Å². The van der Waals surface area contributed by atoms with Gasteiger partial charge in [0.25, 0.3) is 0 Å². The normalized spacial score (nSPS) is 12.1. The van der Waals surface area contributed by atoms with Crippen LogP contribution in [-0.2, 0) is 0 Å². The number of allylic oxidation sites excluding steroid dienone is 2. The first-order valence-electron chi connectivity index (χ1n) is 15.2. The molecule has 7 aromatic carbocycles. The molecule has 3 heteroatoms. The van der Waals surface area contributed by atoms with E-state index in [1.165, 1.54) is 32.3 Å². The number of nitrogens with zero attached hydrogens (tertiary/aromatic N) is 1. The Morgan fingerprint density at radius 1 is 0.533 bits per heavy atom. The van der Waals surface area contributed by atoms with E-state index in [9.17, 15) is 0 Å². The quantitative estimate of drug-likeness (QED) is 0.167. The van der Waals surface area contributed by atoms with Gasteiger partial charge in [-0.3, -0.25) is 4.57 Å². The average Bonchev–Trinajstić information content (AvgIpc) is 3.60. The van der Waals surface area contributed by atoms with E-state index >= 15 is 0 Å². The largest absolute Gasteiger partial charge is 0.456 e. The number of nitrogens with two attached hydrogens (primary N) is 1. The molecule has 0 aliphatic rings. The number of para-hydroxylation sites is 1. The summed E-state index contributed by atoms with van der Waals surface area (Å²) in [5.74, 6) is 0.684. The average molecular weight is 577 g/mol. The van der Waals surface area contributed by atoms with Crippen LogP contribution in [0.2, 0.25) is 0 Å². The number of anilines is 1. The van der Waals surface area contributed by atoms with Gasteiger partial charge in [-0.25, -0.2) is 0 Å². The summed E-state index contributed by atoms with van der Waals surface area (Å²) in [5, 5.41) is 10.9. The first-order valence-corrected chi connectivity index (χ1v) is 15.2. The Morgan fingerprint density at radius 3 is 1.76 bits per heavy atom. The molecule has 0 bridgehead atoms. The first kappa shape index (κ1) is 25.4. The summed E-state index contributed by atoms with van der Waals surface area (Å²) in [7, 11) is 0. The van der Waals surface area contributed by atoms with Gasteiger partial charge in [-0.1, -0.05) is 110 Å². The van der Waals surface area contributed by atoms with Gasteiger partial charge in [-0.15, -0.1) is 0 Å². The van der Waals surface area contributed by atoms with Crippen LogP contribution < -0.4 is 5.73 Å². The molecule has 0 radical (unpaired) electrons. The second-order valence-corrected chi connectivity index (χ2v) is 11.6. The van der Waals surface area contributed by atoms with Crippen LogP contribution in [0.25, 0.3) is 88.0 Å². The zero-order valence-corrected chi connectivity index (χ0v) is 24.5. The molecule has 0 fully saturated rings. The predicted molar refractivity (Wildman–Crippen MR) is 192 cm³/mol. The minimum atomic E-state index is 0.684. The Balaban J connectivity index is 1.19. The van der Waals surface area contributed by atoms with E-state index in [-0.39, 0.29) is 0 Å². The molecule has 45 heavy (non-hydrogen) atoms. The van der Waals surface area contributed by atoms with E-state index in [0.29, 0.717) is 5.82 Å². The highest BCUT2D eigenvalue weighted by atomic mass is 16.3. The van der Waals surface area contributed by atoms with Crippen molar-refractivity contribution < 1.29 is 4.42 Å². The molecule has 0 spiro atoms. The van der Waals surface area contributed by atoms with Crippen LogP contribution in [0.5, 0.6) is 0 Å². The third-order valence-electron chi connectivity index (χ3n) is 9.14. The van der Waals surface area contributed by atoms with Crippen molar-refractivity contribution in [1.29, 1.82) is 0 Å². The van der Waals surface area contributed by atoms with Gasteiger partial charge in [-0.05, 0) is 79.8 Å². The summed E-state index contributed by atoms with van der Waals surface area (Å²) in [6.07, 6.45) is 5.70. The van der Waals surface area contributed by atoms with Crippen LogP contribution >= 0.6 is 0 Å². The Labute approximate surface area is 259 Å². The van der Waals surface area contributed by atoms with Crippen LogP contribution in [0, 0.1) is 0 Å². The first-order chi connectivity index (χ1) is 22.2. The molecule has 2 N–H and O–H groups in total. The standard InChI is InChI=1S/C42H28N2O/c1-2-3-10-37-34-15-8-9-16-39(34)44(42(37)43)28-19-22-36-35-21-18-27(24-40(35)45-41(36)25-28)26-17-20-33-31-13-5-4-11-29(31)30-12-6-7-14-32(30)38(33)23-26/h2-25H,1,43H2/b10-3-. The molecule has 0 amide bonds. The lowest BCUT2D eigenvalue weighted by atomic mass is 9.92. The second-order valence-electron chi connectivity index (χ2n) is 11.6. The van der Waals surface area contributed by atoms with Crippen molar-refractivity contribution in [2.45, 2.75) is 0 Å². The molecule has 9 rings (SSSR count). The van der Waals surface area contributed by atoms with E-state index in [1.807, 2.05) is 24.3 Å². The Bertz CT molecular complexity index is 2650.